The summed E-state index contributed by atoms with van der Waals surface area (Å²) >= 11 is 0. The minimum atomic E-state index is 0.235. The first-order chi connectivity index (χ1) is 10.8. The number of aliphatic hydroxyl groups is 1. The van der Waals surface area contributed by atoms with Gasteiger partial charge in [-0.15, -0.1) is 0 Å². The Balaban J connectivity index is 2.79. The molecule has 1 aromatic carbocycles. The molecule has 126 valence electrons. The smallest absolute Gasteiger partial charge is 0.142 e. The first-order valence-corrected chi connectivity index (χ1v) is 8.59. The maximum absolute atomic E-state index is 8.81. The van der Waals surface area contributed by atoms with E-state index in [1.807, 2.05) is 6.92 Å². The molecule has 0 aliphatic rings. The van der Waals surface area contributed by atoms with Gasteiger partial charge in [0, 0.05) is 26.2 Å². The predicted molar refractivity (Wildman–Crippen MR) is 93.8 cm³/mol. The molecule has 0 saturated carbocycles. The molecule has 0 aromatic heterocycles. The van der Waals surface area contributed by atoms with E-state index in [1.54, 1.807) is 0 Å². The maximum Gasteiger partial charge on any atom is 0.142 e. The van der Waals surface area contributed by atoms with E-state index in [9.17, 15) is 0 Å². The van der Waals surface area contributed by atoms with Gasteiger partial charge >= 0.3 is 0 Å². The fourth-order valence-corrected chi connectivity index (χ4v) is 2.44. The van der Waals surface area contributed by atoms with Crippen LogP contribution in [0.3, 0.4) is 0 Å². The molecule has 4 nitrogen and oxygen atoms in total. The molecule has 0 saturated heterocycles. The monoisotopic (exact) mass is 308 g/mol. The summed E-state index contributed by atoms with van der Waals surface area (Å²) in [5, 5.41) is 12.1. The fourth-order valence-electron chi connectivity index (χ4n) is 2.44. The molecule has 1 rings (SSSR count). The van der Waals surface area contributed by atoms with Crippen LogP contribution < -0.4 is 15.0 Å². The van der Waals surface area contributed by atoms with Crippen molar-refractivity contribution in [3.05, 3.63) is 23.8 Å². The van der Waals surface area contributed by atoms with Gasteiger partial charge in [0.15, 0.2) is 0 Å². The minimum absolute atomic E-state index is 0.235. The number of nitrogens with one attached hydrogen (secondary N) is 1. The number of anilines is 1. The van der Waals surface area contributed by atoms with Crippen molar-refractivity contribution in [2.75, 3.05) is 37.7 Å². The van der Waals surface area contributed by atoms with Crippen LogP contribution in [-0.4, -0.2) is 38.0 Å². The molecule has 0 aliphatic heterocycles. The standard InChI is InChI=1S/C18H32N2O2/c1-4-7-12-20(5-2)17-10-9-16(14-18(17)22-6-3)15-19-11-8-13-21/h9-10,14,19,21H,4-8,11-13,15H2,1-3H3. The summed E-state index contributed by atoms with van der Waals surface area (Å²) in [5.41, 5.74) is 2.41. The van der Waals surface area contributed by atoms with Gasteiger partial charge < -0.3 is 20.1 Å². The highest BCUT2D eigenvalue weighted by Crippen LogP contribution is 2.30. The normalized spacial score (nSPS) is 10.7. The number of aliphatic hydroxyl groups excluding tert-OH is 1. The van der Waals surface area contributed by atoms with Crippen molar-refractivity contribution >= 4 is 5.69 Å². The summed E-state index contributed by atoms with van der Waals surface area (Å²) in [7, 11) is 0. The van der Waals surface area contributed by atoms with Crippen LogP contribution in [-0.2, 0) is 6.54 Å². The van der Waals surface area contributed by atoms with Crippen molar-refractivity contribution in [3.63, 3.8) is 0 Å². The van der Waals surface area contributed by atoms with Crippen LogP contribution in [0.4, 0.5) is 5.69 Å². The van der Waals surface area contributed by atoms with Crippen molar-refractivity contribution in [1.82, 2.24) is 5.32 Å². The molecule has 22 heavy (non-hydrogen) atoms. The van der Waals surface area contributed by atoms with E-state index >= 15 is 0 Å². The van der Waals surface area contributed by atoms with E-state index in [4.69, 9.17) is 9.84 Å². The molecule has 0 fully saturated rings. The first kappa shape index (κ1) is 18.8. The lowest BCUT2D eigenvalue weighted by Crippen LogP contribution is -2.24. The molecule has 0 atom stereocenters. The van der Waals surface area contributed by atoms with E-state index in [1.165, 1.54) is 24.1 Å². The van der Waals surface area contributed by atoms with Crippen molar-refractivity contribution < 1.29 is 9.84 Å². The molecular weight excluding hydrogens is 276 g/mol. The Hall–Kier alpha value is -1.26. The number of unbranched alkanes of at least 4 members (excludes halogenated alkanes) is 1. The maximum atomic E-state index is 8.81. The summed E-state index contributed by atoms with van der Waals surface area (Å²) in [6.07, 6.45) is 3.19. The fraction of sp³-hybridized carbons (Fsp3) is 0.667. The Morgan fingerprint density at radius 2 is 2.00 bits per heavy atom. The zero-order chi connectivity index (χ0) is 16.2. The first-order valence-electron chi connectivity index (χ1n) is 8.59. The Morgan fingerprint density at radius 1 is 1.18 bits per heavy atom. The molecule has 0 bridgehead atoms. The molecule has 0 spiro atoms. The molecule has 0 heterocycles. The molecule has 0 aliphatic carbocycles. The SMILES string of the molecule is CCCCN(CC)c1ccc(CNCCCO)cc1OCC. The van der Waals surface area contributed by atoms with Gasteiger partial charge in [0.2, 0.25) is 0 Å². The van der Waals surface area contributed by atoms with Crippen LogP contribution in [0, 0.1) is 0 Å². The highest BCUT2D eigenvalue weighted by molar-refractivity contribution is 5.59. The van der Waals surface area contributed by atoms with Gasteiger partial charge in [-0.3, -0.25) is 0 Å². The lowest BCUT2D eigenvalue weighted by molar-refractivity contribution is 0.286. The van der Waals surface area contributed by atoms with Crippen LogP contribution >= 0.6 is 0 Å². The van der Waals surface area contributed by atoms with E-state index in [0.717, 1.165) is 38.3 Å². The van der Waals surface area contributed by atoms with E-state index in [-0.39, 0.29) is 6.61 Å². The van der Waals surface area contributed by atoms with E-state index in [2.05, 4.69) is 42.3 Å². The highest BCUT2D eigenvalue weighted by atomic mass is 16.5. The van der Waals surface area contributed by atoms with Gasteiger partial charge in [-0.2, -0.15) is 0 Å². The molecular formula is C18H32N2O2. The van der Waals surface area contributed by atoms with E-state index < -0.39 is 0 Å². The topological polar surface area (TPSA) is 44.7 Å². The van der Waals surface area contributed by atoms with Crippen molar-refractivity contribution in [2.24, 2.45) is 0 Å². The van der Waals surface area contributed by atoms with Crippen LogP contribution in [0.1, 0.15) is 45.6 Å². The van der Waals surface area contributed by atoms with Gasteiger partial charge in [0.1, 0.15) is 5.75 Å². The average Bonchev–Trinajstić information content (AvgIpc) is 2.54. The number of rotatable bonds is 12. The van der Waals surface area contributed by atoms with Crippen LogP contribution in [0.2, 0.25) is 0 Å². The van der Waals surface area contributed by atoms with Crippen molar-refractivity contribution in [1.29, 1.82) is 0 Å². The highest BCUT2D eigenvalue weighted by Gasteiger charge is 2.11. The summed E-state index contributed by atoms with van der Waals surface area (Å²) < 4.78 is 5.86. The molecule has 2 N–H and O–H groups in total. The van der Waals surface area contributed by atoms with Crippen molar-refractivity contribution in [3.8, 4) is 5.75 Å². The Kier molecular flexibility index (Phi) is 9.67. The second-order valence-electron chi connectivity index (χ2n) is 5.42. The second kappa shape index (κ2) is 11.3. The molecule has 0 unspecified atom stereocenters. The summed E-state index contributed by atoms with van der Waals surface area (Å²) in [5.74, 6) is 0.974. The Bertz CT molecular complexity index is 410. The van der Waals surface area contributed by atoms with E-state index in [0.29, 0.717) is 6.61 Å². The van der Waals surface area contributed by atoms with Gasteiger partial charge in [-0.1, -0.05) is 19.4 Å². The van der Waals surface area contributed by atoms with Crippen molar-refractivity contribution in [2.45, 2.75) is 46.6 Å². The Labute approximate surface area is 135 Å². The number of nitrogens with zero attached hydrogens (tertiary/aromatic N) is 1. The number of benzene rings is 1. The zero-order valence-corrected chi connectivity index (χ0v) is 14.4. The third-order valence-electron chi connectivity index (χ3n) is 3.67. The number of ether oxygens (including phenoxy) is 1. The summed E-state index contributed by atoms with van der Waals surface area (Å²) in [4.78, 5) is 2.39. The number of hydrogen-bond acceptors (Lipinski definition) is 4. The lowest BCUT2D eigenvalue weighted by Gasteiger charge is -2.26. The van der Waals surface area contributed by atoms with Crippen LogP contribution in [0.5, 0.6) is 5.75 Å². The van der Waals surface area contributed by atoms with Gasteiger partial charge in [0.25, 0.3) is 0 Å². The van der Waals surface area contributed by atoms with Crippen LogP contribution in [0.15, 0.2) is 18.2 Å². The Morgan fingerprint density at radius 3 is 2.64 bits per heavy atom. The van der Waals surface area contributed by atoms with Gasteiger partial charge in [-0.05, 0) is 50.9 Å². The third-order valence-corrected chi connectivity index (χ3v) is 3.67. The van der Waals surface area contributed by atoms with Crippen LogP contribution in [0.25, 0.3) is 0 Å². The predicted octanol–water partition coefficient (Wildman–Crippen LogP) is 3.18. The second-order valence-corrected chi connectivity index (χ2v) is 5.42. The quantitative estimate of drug-likeness (QED) is 0.582. The molecule has 0 amide bonds. The summed E-state index contributed by atoms with van der Waals surface area (Å²) in [6, 6.07) is 6.48. The zero-order valence-electron chi connectivity index (χ0n) is 14.4. The average molecular weight is 308 g/mol. The van der Waals surface area contributed by atoms with Gasteiger partial charge in [0.05, 0.1) is 12.3 Å². The van der Waals surface area contributed by atoms with Gasteiger partial charge in [-0.25, -0.2) is 0 Å². The minimum Gasteiger partial charge on any atom is -0.492 e. The summed E-state index contributed by atoms with van der Waals surface area (Å²) in [6.45, 7) is 11.1. The lowest BCUT2D eigenvalue weighted by atomic mass is 10.1. The third kappa shape index (κ3) is 6.24. The molecule has 4 heteroatoms. The molecule has 1 aromatic rings. The number of hydrogen-bond donors (Lipinski definition) is 2. The molecule has 0 radical (unpaired) electrons. The largest absolute Gasteiger partial charge is 0.492 e.